The molecular formula is C13H19N3O2S. The van der Waals surface area contributed by atoms with Crippen LogP contribution in [-0.2, 0) is 10.0 Å². The summed E-state index contributed by atoms with van der Waals surface area (Å²) in [6.07, 6.45) is 3.15. The molecule has 0 amide bonds. The summed E-state index contributed by atoms with van der Waals surface area (Å²) < 4.78 is 27.5. The van der Waals surface area contributed by atoms with E-state index in [0.717, 1.165) is 25.9 Å². The Morgan fingerprint density at radius 2 is 2.11 bits per heavy atom. The van der Waals surface area contributed by atoms with E-state index in [2.05, 4.69) is 9.62 Å². The Morgan fingerprint density at radius 3 is 2.89 bits per heavy atom. The van der Waals surface area contributed by atoms with E-state index < -0.39 is 10.0 Å². The smallest absolute Gasteiger partial charge is 0.240 e. The molecule has 2 aliphatic heterocycles. The Labute approximate surface area is 113 Å². The van der Waals surface area contributed by atoms with Crippen LogP contribution in [0, 0.1) is 0 Å². The molecule has 3 rings (SSSR count). The topological polar surface area (TPSA) is 75.4 Å². The summed E-state index contributed by atoms with van der Waals surface area (Å²) in [6.45, 7) is 2.09. The maximum absolute atomic E-state index is 12.3. The first-order valence-corrected chi connectivity index (χ1v) is 8.16. The van der Waals surface area contributed by atoms with Gasteiger partial charge in [0.15, 0.2) is 0 Å². The van der Waals surface area contributed by atoms with Gasteiger partial charge in [-0.05, 0) is 44.0 Å². The maximum Gasteiger partial charge on any atom is 0.240 e. The van der Waals surface area contributed by atoms with Gasteiger partial charge in [0.25, 0.3) is 0 Å². The number of fused-ring (bicyclic) bond motifs is 1. The second kappa shape index (κ2) is 4.77. The van der Waals surface area contributed by atoms with Gasteiger partial charge in [0.1, 0.15) is 0 Å². The molecule has 2 saturated heterocycles. The molecule has 0 bridgehead atoms. The lowest BCUT2D eigenvalue weighted by Gasteiger charge is -2.21. The highest BCUT2D eigenvalue weighted by Gasteiger charge is 2.39. The molecule has 1 aromatic rings. The van der Waals surface area contributed by atoms with Gasteiger partial charge < -0.3 is 5.73 Å². The van der Waals surface area contributed by atoms with E-state index in [0.29, 0.717) is 11.7 Å². The second-order valence-corrected chi connectivity index (χ2v) is 7.05. The van der Waals surface area contributed by atoms with Gasteiger partial charge in [-0.3, -0.25) is 4.90 Å². The number of rotatable bonds is 3. The van der Waals surface area contributed by atoms with E-state index in [-0.39, 0.29) is 10.9 Å². The van der Waals surface area contributed by atoms with Crippen molar-refractivity contribution in [1.29, 1.82) is 0 Å². The fourth-order valence-electron chi connectivity index (χ4n) is 3.17. The Morgan fingerprint density at radius 1 is 1.26 bits per heavy atom. The van der Waals surface area contributed by atoms with Crippen molar-refractivity contribution in [3.05, 3.63) is 24.3 Å². The van der Waals surface area contributed by atoms with Crippen molar-refractivity contribution in [3.8, 4) is 0 Å². The molecule has 2 heterocycles. The molecule has 2 atom stereocenters. The standard InChI is InChI=1S/C13H19N3O2S/c14-10-3-1-4-11(9-10)19(17,18)15-12-6-8-16-7-2-5-13(12)16/h1,3-4,9,12-13,15H,2,5-8,14H2. The van der Waals surface area contributed by atoms with Crippen molar-refractivity contribution in [2.75, 3.05) is 18.8 Å². The molecule has 0 aliphatic carbocycles. The van der Waals surface area contributed by atoms with Crippen molar-refractivity contribution >= 4 is 15.7 Å². The fourth-order valence-corrected chi connectivity index (χ4v) is 4.53. The fraction of sp³-hybridized carbons (Fsp3) is 0.538. The zero-order chi connectivity index (χ0) is 13.5. The summed E-state index contributed by atoms with van der Waals surface area (Å²) in [7, 11) is -3.46. The monoisotopic (exact) mass is 281 g/mol. The minimum Gasteiger partial charge on any atom is -0.399 e. The van der Waals surface area contributed by atoms with Crippen LogP contribution in [0.25, 0.3) is 0 Å². The Kier molecular flexibility index (Phi) is 3.24. The third-order valence-electron chi connectivity index (χ3n) is 4.08. The summed E-state index contributed by atoms with van der Waals surface area (Å²) in [5.74, 6) is 0. The number of nitrogens with zero attached hydrogens (tertiary/aromatic N) is 1. The van der Waals surface area contributed by atoms with Gasteiger partial charge in [-0.2, -0.15) is 0 Å². The van der Waals surface area contributed by atoms with Crippen LogP contribution in [0.1, 0.15) is 19.3 Å². The predicted molar refractivity (Wildman–Crippen MR) is 74.2 cm³/mol. The lowest BCUT2D eigenvalue weighted by atomic mass is 10.1. The number of nitrogens with two attached hydrogens (primary N) is 1. The molecule has 2 aliphatic rings. The van der Waals surface area contributed by atoms with Crippen LogP contribution >= 0.6 is 0 Å². The minimum absolute atomic E-state index is 0.0360. The van der Waals surface area contributed by atoms with Gasteiger partial charge in [0.05, 0.1) is 4.90 Å². The Hall–Kier alpha value is -1.11. The average Bonchev–Trinajstić information content (AvgIpc) is 2.94. The van der Waals surface area contributed by atoms with Crippen LogP contribution in [0.5, 0.6) is 0 Å². The summed E-state index contributed by atoms with van der Waals surface area (Å²) in [5, 5.41) is 0. The molecule has 1 aromatic carbocycles. The second-order valence-electron chi connectivity index (χ2n) is 5.33. The third kappa shape index (κ3) is 2.48. The van der Waals surface area contributed by atoms with Gasteiger partial charge in [0.2, 0.25) is 10.0 Å². The van der Waals surface area contributed by atoms with Crippen LogP contribution < -0.4 is 10.5 Å². The number of nitrogens with one attached hydrogen (secondary N) is 1. The first-order chi connectivity index (χ1) is 9.06. The largest absolute Gasteiger partial charge is 0.399 e. The van der Waals surface area contributed by atoms with Crippen LogP contribution in [0.4, 0.5) is 5.69 Å². The summed E-state index contributed by atoms with van der Waals surface area (Å²) in [4.78, 5) is 2.64. The van der Waals surface area contributed by atoms with E-state index in [4.69, 9.17) is 5.73 Å². The number of sulfonamides is 1. The molecule has 2 unspecified atom stereocenters. The first kappa shape index (κ1) is 12.9. The number of hydrogen-bond acceptors (Lipinski definition) is 4. The van der Waals surface area contributed by atoms with E-state index in [1.807, 2.05) is 0 Å². The molecule has 0 radical (unpaired) electrons. The average molecular weight is 281 g/mol. The van der Waals surface area contributed by atoms with Crippen molar-refractivity contribution in [3.63, 3.8) is 0 Å². The first-order valence-electron chi connectivity index (χ1n) is 6.68. The van der Waals surface area contributed by atoms with Crippen LogP contribution in [-0.4, -0.2) is 38.5 Å². The van der Waals surface area contributed by atoms with Gasteiger partial charge >= 0.3 is 0 Å². The van der Waals surface area contributed by atoms with Crippen molar-refractivity contribution in [2.24, 2.45) is 0 Å². The molecule has 0 saturated carbocycles. The maximum atomic E-state index is 12.3. The summed E-state index contributed by atoms with van der Waals surface area (Å²) >= 11 is 0. The highest BCUT2D eigenvalue weighted by molar-refractivity contribution is 7.89. The van der Waals surface area contributed by atoms with Gasteiger partial charge in [-0.25, -0.2) is 13.1 Å². The van der Waals surface area contributed by atoms with E-state index in [1.165, 1.54) is 12.5 Å². The summed E-state index contributed by atoms with van der Waals surface area (Å²) in [5.41, 5.74) is 6.12. The number of nitrogen functional groups attached to an aromatic ring is 1. The molecular weight excluding hydrogens is 262 g/mol. The molecule has 19 heavy (non-hydrogen) atoms. The lowest BCUT2D eigenvalue weighted by molar-refractivity contribution is 0.309. The minimum atomic E-state index is -3.46. The quantitative estimate of drug-likeness (QED) is 0.803. The predicted octanol–water partition coefficient (Wildman–Crippen LogP) is 0.784. The van der Waals surface area contributed by atoms with Crippen molar-refractivity contribution in [2.45, 2.75) is 36.2 Å². The van der Waals surface area contributed by atoms with Crippen LogP contribution in [0.2, 0.25) is 0 Å². The molecule has 0 aromatic heterocycles. The van der Waals surface area contributed by atoms with Crippen molar-refractivity contribution < 1.29 is 8.42 Å². The van der Waals surface area contributed by atoms with Crippen molar-refractivity contribution in [1.82, 2.24) is 9.62 Å². The number of anilines is 1. The molecule has 3 N–H and O–H groups in total. The molecule has 5 nitrogen and oxygen atoms in total. The zero-order valence-corrected chi connectivity index (χ0v) is 11.6. The normalized spacial score (nSPS) is 27.6. The summed E-state index contributed by atoms with van der Waals surface area (Å²) in [6, 6.07) is 6.85. The van der Waals surface area contributed by atoms with E-state index >= 15 is 0 Å². The number of benzene rings is 1. The van der Waals surface area contributed by atoms with E-state index in [9.17, 15) is 8.42 Å². The molecule has 6 heteroatoms. The number of hydrogen-bond donors (Lipinski definition) is 2. The molecule has 2 fully saturated rings. The third-order valence-corrected chi connectivity index (χ3v) is 5.57. The lowest BCUT2D eigenvalue weighted by Crippen LogP contribution is -2.42. The molecule has 104 valence electrons. The van der Waals surface area contributed by atoms with Gasteiger partial charge in [0, 0.05) is 24.3 Å². The zero-order valence-electron chi connectivity index (χ0n) is 10.7. The van der Waals surface area contributed by atoms with Gasteiger partial charge in [-0.1, -0.05) is 6.07 Å². The Balaban J connectivity index is 1.79. The highest BCUT2D eigenvalue weighted by atomic mass is 32.2. The van der Waals surface area contributed by atoms with Crippen LogP contribution in [0.3, 0.4) is 0 Å². The molecule has 0 spiro atoms. The SMILES string of the molecule is Nc1cccc(S(=O)(=O)NC2CCN3CCCC23)c1. The van der Waals surface area contributed by atoms with Crippen LogP contribution in [0.15, 0.2) is 29.2 Å². The highest BCUT2D eigenvalue weighted by Crippen LogP contribution is 2.29. The van der Waals surface area contributed by atoms with E-state index in [1.54, 1.807) is 18.2 Å². The Bertz CT molecular complexity index is 573. The van der Waals surface area contributed by atoms with Gasteiger partial charge in [-0.15, -0.1) is 0 Å².